The zero-order valence-corrected chi connectivity index (χ0v) is 13.1. The van der Waals surface area contributed by atoms with Crippen molar-refractivity contribution in [2.24, 2.45) is 0 Å². The van der Waals surface area contributed by atoms with E-state index in [1.54, 1.807) is 18.3 Å². The maximum absolute atomic E-state index is 13.0. The second-order valence-corrected chi connectivity index (χ2v) is 5.47. The molecule has 1 N–H and O–H groups in total. The van der Waals surface area contributed by atoms with Crippen molar-refractivity contribution >= 4 is 0 Å². The van der Waals surface area contributed by atoms with E-state index in [2.05, 4.69) is 28.4 Å². The van der Waals surface area contributed by atoms with Crippen molar-refractivity contribution in [1.29, 1.82) is 0 Å². The molecule has 118 valence electrons. The van der Waals surface area contributed by atoms with Crippen LogP contribution in [0.2, 0.25) is 0 Å². The number of benzene rings is 2. The van der Waals surface area contributed by atoms with Crippen LogP contribution in [-0.4, -0.2) is 4.98 Å². The summed E-state index contributed by atoms with van der Waals surface area (Å²) in [7, 11) is 0. The molecule has 0 amide bonds. The van der Waals surface area contributed by atoms with E-state index < -0.39 is 0 Å². The van der Waals surface area contributed by atoms with Crippen LogP contribution in [0.4, 0.5) is 4.39 Å². The highest BCUT2D eigenvalue weighted by atomic mass is 19.1. The van der Waals surface area contributed by atoms with Gasteiger partial charge in [0.2, 0.25) is 0 Å². The summed E-state index contributed by atoms with van der Waals surface area (Å²) in [6.45, 7) is 0.625. The van der Waals surface area contributed by atoms with Gasteiger partial charge in [0.15, 0.2) is 0 Å². The van der Waals surface area contributed by atoms with Gasteiger partial charge in [-0.3, -0.25) is 10.3 Å². The molecule has 1 unspecified atom stereocenters. The summed E-state index contributed by atoms with van der Waals surface area (Å²) in [6.07, 6.45) is 9.22. The molecule has 3 heteroatoms. The molecule has 1 heterocycles. The first-order chi connectivity index (χ1) is 11.8. The lowest BCUT2D eigenvalue weighted by Crippen LogP contribution is -2.19. The van der Waals surface area contributed by atoms with Crippen molar-refractivity contribution in [1.82, 2.24) is 10.3 Å². The Balaban J connectivity index is 1.72. The lowest BCUT2D eigenvalue weighted by Gasteiger charge is -2.14. The topological polar surface area (TPSA) is 24.9 Å². The Morgan fingerprint density at radius 3 is 2.54 bits per heavy atom. The monoisotopic (exact) mass is 316 g/mol. The maximum atomic E-state index is 13.0. The molecule has 0 saturated heterocycles. The largest absolute Gasteiger partial charge is 0.296 e. The standard InChI is InChI=1S/C21H17FN2/c1-2-21(17-8-10-20(22)11-9-17)24-14-16-5-3-6-18(13-16)19-7-4-12-23-15-19/h1,3-13,15,21,24H,14H2. The molecule has 0 saturated carbocycles. The van der Waals surface area contributed by atoms with E-state index >= 15 is 0 Å². The fraction of sp³-hybridized carbons (Fsp3) is 0.0952. The molecule has 0 spiro atoms. The number of hydrogen-bond acceptors (Lipinski definition) is 2. The van der Waals surface area contributed by atoms with Gasteiger partial charge >= 0.3 is 0 Å². The van der Waals surface area contributed by atoms with Crippen molar-refractivity contribution in [3.63, 3.8) is 0 Å². The first kappa shape index (κ1) is 15.9. The number of aromatic nitrogens is 1. The average Bonchev–Trinajstić information content (AvgIpc) is 2.64. The van der Waals surface area contributed by atoms with Gasteiger partial charge in [0.25, 0.3) is 0 Å². The molecular weight excluding hydrogens is 299 g/mol. The molecule has 2 aromatic carbocycles. The normalized spacial score (nSPS) is 11.7. The SMILES string of the molecule is C#CC(NCc1cccc(-c2cccnc2)c1)c1ccc(F)cc1. The molecule has 0 fully saturated rings. The van der Waals surface area contributed by atoms with Crippen LogP contribution in [-0.2, 0) is 6.54 Å². The molecule has 0 aliphatic carbocycles. The Bertz CT molecular complexity index is 836. The van der Waals surface area contributed by atoms with Crippen molar-refractivity contribution in [2.45, 2.75) is 12.6 Å². The van der Waals surface area contributed by atoms with E-state index in [1.807, 2.05) is 30.5 Å². The van der Waals surface area contributed by atoms with E-state index in [0.717, 1.165) is 22.3 Å². The lowest BCUT2D eigenvalue weighted by molar-refractivity contribution is 0.616. The second-order valence-electron chi connectivity index (χ2n) is 5.47. The van der Waals surface area contributed by atoms with Crippen molar-refractivity contribution < 1.29 is 4.39 Å². The van der Waals surface area contributed by atoms with Crippen LogP contribution in [0.15, 0.2) is 73.1 Å². The summed E-state index contributed by atoms with van der Waals surface area (Å²) >= 11 is 0. The van der Waals surface area contributed by atoms with Gasteiger partial charge in [0, 0.05) is 18.9 Å². The minimum atomic E-state index is -0.265. The molecule has 0 radical (unpaired) electrons. The Morgan fingerprint density at radius 1 is 1.04 bits per heavy atom. The molecular formula is C21H17FN2. The number of rotatable bonds is 5. The molecule has 0 bridgehead atoms. The van der Waals surface area contributed by atoms with Crippen LogP contribution in [0.5, 0.6) is 0 Å². The highest BCUT2D eigenvalue weighted by Crippen LogP contribution is 2.20. The van der Waals surface area contributed by atoms with E-state index in [9.17, 15) is 4.39 Å². The van der Waals surface area contributed by atoms with E-state index in [1.165, 1.54) is 12.1 Å². The van der Waals surface area contributed by atoms with E-state index in [-0.39, 0.29) is 11.9 Å². The highest BCUT2D eigenvalue weighted by Gasteiger charge is 2.08. The summed E-state index contributed by atoms with van der Waals surface area (Å²) in [4.78, 5) is 4.15. The molecule has 3 aromatic rings. The maximum Gasteiger partial charge on any atom is 0.123 e. The third-order valence-electron chi connectivity index (χ3n) is 3.80. The molecule has 2 nitrogen and oxygen atoms in total. The quantitative estimate of drug-likeness (QED) is 0.708. The minimum Gasteiger partial charge on any atom is -0.296 e. The van der Waals surface area contributed by atoms with Crippen LogP contribution in [0.1, 0.15) is 17.2 Å². The minimum absolute atomic E-state index is 0.257. The molecule has 3 rings (SSSR count). The van der Waals surface area contributed by atoms with Gasteiger partial charge in [0.05, 0.1) is 6.04 Å². The zero-order chi connectivity index (χ0) is 16.8. The van der Waals surface area contributed by atoms with Gasteiger partial charge in [-0.05, 0) is 46.5 Å². The van der Waals surface area contributed by atoms with Crippen molar-refractivity contribution in [3.8, 4) is 23.5 Å². The molecule has 24 heavy (non-hydrogen) atoms. The average molecular weight is 316 g/mol. The number of hydrogen-bond donors (Lipinski definition) is 1. The third-order valence-corrected chi connectivity index (χ3v) is 3.80. The van der Waals surface area contributed by atoms with Gasteiger partial charge in [-0.25, -0.2) is 4.39 Å². The number of terminal acetylenes is 1. The smallest absolute Gasteiger partial charge is 0.123 e. The first-order valence-electron chi connectivity index (χ1n) is 7.70. The van der Waals surface area contributed by atoms with Gasteiger partial charge in [-0.2, -0.15) is 0 Å². The Hall–Kier alpha value is -2.96. The molecule has 1 atom stereocenters. The second kappa shape index (κ2) is 7.54. The highest BCUT2D eigenvalue weighted by molar-refractivity contribution is 5.62. The van der Waals surface area contributed by atoms with Crippen LogP contribution in [0.25, 0.3) is 11.1 Å². The Kier molecular flexibility index (Phi) is 5.00. The Labute approximate surface area is 141 Å². The summed E-state index contributed by atoms with van der Waals surface area (Å²) in [5.41, 5.74) is 4.19. The van der Waals surface area contributed by atoms with Crippen LogP contribution >= 0.6 is 0 Å². The van der Waals surface area contributed by atoms with E-state index in [4.69, 9.17) is 6.42 Å². The lowest BCUT2D eigenvalue weighted by atomic mass is 10.0. The molecule has 0 aliphatic rings. The fourth-order valence-corrected chi connectivity index (χ4v) is 2.54. The first-order valence-corrected chi connectivity index (χ1v) is 7.70. The molecule has 0 aliphatic heterocycles. The Morgan fingerprint density at radius 2 is 1.83 bits per heavy atom. The van der Waals surface area contributed by atoms with Gasteiger partial charge in [-0.15, -0.1) is 6.42 Å². The van der Waals surface area contributed by atoms with Crippen LogP contribution in [0, 0.1) is 18.2 Å². The predicted molar refractivity (Wildman–Crippen MR) is 94.5 cm³/mol. The number of pyridine rings is 1. The summed E-state index contributed by atoms with van der Waals surface area (Å²) < 4.78 is 13.0. The van der Waals surface area contributed by atoms with Gasteiger partial charge in [0.1, 0.15) is 5.82 Å². The van der Waals surface area contributed by atoms with Gasteiger partial charge in [-0.1, -0.05) is 42.3 Å². The molecule has 1 aromatic heterocycles. The summed E-state index contributed by atoms with van der Waals surface area (Å²) in [5.74, 6) is 2.45. The van der Waals surface area contributed by atoms with Crippen molar-refractivity contribution in [2.75, 3.05) is 0 Å². The summed E-state index contributed by atoms with van der Waals surface area (Å²) in [5, 5.41) is 3.33. The number of halogens is 1. The van der Waals surface area contributed by atoms with Crippen molar-refractivity contribution in [3.05, 3.63) is 90.0 Å². The van der Waals surface area contributed by atoms with Crippen LogP contribution in [0.3, 0.4) is 0 Å². The summed E-state index contributed by atoms with van der Waals surface area (Å²) in [6, 6.07) is 18.2. The number of nitrogens with zero attached hydrogens (tertiary/aromatic N) is 1. The van der Waals surface area contributed by atoms with E-state index in [0.29, 0.717) is 6.54 Å². The fourth-order valence-electron chi connectivity index (χ4n) is 2.54. The predicted octanol–water partition coefficient (Wildman–Crippen LogP) is 4.35. The van der Waals surface area contributed by atoms with Crippen LogP contribution < -0.4 is 5.32 Å². The zero-order valence-electron chi connectivity index (χ0n) is 13.1. The third kappa shape index (κ3) is 3.87. The number of nitrogens with one attached hydrogen (secondary N) is 1. The van der Waals surface area contributed by atoms with Gasteiger partial charge < -0.3 is 0 Å².